The molecule has 0 aliphatic heterocycles. The smallest absolute Gasteiger partial charge is 0.253 e. The molecular weight excluding hydrogens is 1100 g/mol. The van der Waals surface area contributed by atoms with Gasteiger partial charge in [-0.15, -0.1) is 4.57 Å². The number of benzene rings is 6. The van der Waals surface area contributed by atoms with Gasteiger partial charge in [0.1, 0.15) is 11.1 Å². The highest BCUT2D eigenvalue weighted by Crippen LogP contribution is 2.41. The summed E-state index contributed by atoms with van der Waals surface area (Å²) in [5.74, 6) is 0.104. The zero-order valence-electron chi connectivity index (χ0n) is 37.3. The molecule has 4 nitrogen and oxygen atoms in total. The normalized spacial score (nSPS) is 13.4. The molecule has 1 heterocycles. The average Bonchev–Trinajstić information content (AvgIpc) is 3.30. The number of aromatic nitrogens is 1. The molecule has 0 spiro atoms. The first kappa shape index (κ1) is 58.8. The van der Waals surface area contributed by atoms with Crippen LogP contribution in [0.25, 0.3) is 10.9 Å². The molecule has 29 heteroatoms. The molecule has 0 aliphatic rings. The molecule has 0 fully saturated rings. The Morgan fingerprint density at radius 3 is 0.870 bits per heavy atom. The summed E-state index contributed by atoms with van der Waals surface area (Å²) in [4.78, 5) is 10.9. The van der Waals surface area contributed by atoms with Crippen molar-refractivity contribution in [3.8, 4) is 0 Å². The molecule has 0 saturated heterocycles. The van der Waals surface area contributed by atoms with Gasteiger partial charge >= 0.3 is 55.2 Å². The van der Waals surface area contributed by atoms with Gasteiger partial charge in [0.25, 0.3) is 0 Å². The predicted octanol–water partition coefficient (Wildman–Crippen LogP) is 14.3. The van der Waals surface area contributed by atoms with Crippen LogP contribution in [0.5, 0.6) is 0 Å². The van der Waals surface area contributed by atoms with E-state index in [0.29, 0.717) is 6.54 Å². The van der Waals surface area contributed by atoms with Crippen LogP contribution in [-0.4, -0.2) is 11.1 Å². The lowest BCUT2D eigenvalue weighted by atomic mass is 9.12. The van der Waals surface area contributed by atoms with Crippen molar-refractivity contribution >= 4 is 44.7 Å². The molecule has 0 aliphatic carbocycles. The maximum atomic E-state index is 14.2. The van der Waals surface area contributed by atoms with Crippen LogP contribution in [-0.2, 0) is 56.0 Å². The Morgan fingerprint density at radius 2 is 0.610 bits per heavy atom. The van der Waals surface area contributed by atoms with Crippen molar-refractivity contribution in [3.05, 3.63) is 200 Å². The third-order valence-electron chi connectivity index (χ3n) is 11.7. The Balaban J connectivity index is 0.000000397. The highest BCUT2D eigenvalue weighted by atomic mass is 19.4. The summed E-state index contributed by atoms with van der Waals surface area (Å²) in [6.07, 6.45) is -54.8. The van der Waals surface area contributed by atoms with Gasteiger partial charge in [0.2, 0.25) is 5.52 Å². The third-order valence-corrected chi connectivity index (χ3v) is 11.7. The van der Waals surface area contributed by atoms with Gasteiger partial charge in [0.05, 0.1) is 50.6 Å². The van der Waals surface area contributed by atoms with E-state index in [1.807, 2.05) is 54.6 Å². The Hall–Kier alpha value is -7.49. The summed E-state index contributed by atoms with van der Waals surface area (Å²) in [6, 6.07) is 12.0. The molecule has 0 N–H and O–H groups in total. The first-order valence-corrected chi connectivity index (χ1v) is 21.0. The standard InChI is InChI=1S/C32H12BF24.C16H13N2O2/c34-25(35,36)13-1-14(26(37,38)39)6-21(5-13)33(22-7-15(27(40,41)42)2-16(8-22)28(43,44)45,23-9-17(29(46,47)48)3-18(10-23)30(49,50)51)24-11-19(31(52,53)54)4-20(12-24)32(55,56)57;19-18(20)16-11-10-14-8-4-5-9-15(14)17(16)12-13-6-2-1-3-7-13/h1-12H;1-11H,12H2/q-1;+1. The lowest BCUT2D eigenvalue weighted by Gasteiger charge is -2.46. The minimum Gasteiger partial charge on any atom is -0.253 e. The van der Waals surface area contributed by atoms with Crippen LogP contribution in [0.15, 0.2) is 140 Å². The van der Waals surface area contributed by atoms with Crippen molar-refractivity contribution in [1.29, 1.82) is 0 Å². The topological polar surface area (TPSA) is 47.0 Å². The minimum absolute atomic E-state index is 0.104. The van der Waals surface area contributed by atoms with Crippen molar-refractivity contribution in [2.75, 3.05) is 0 Å². The van der Waals surface area contributed by atoms with Gasteiger partial charge in [-0.05, 0) is 36.4 Å². The van der Waals surface area contributed by atoms with Crippen LogP contribution in [0.2, 0.25) is 0 Å². The molecule has 0 radical (unpaired) electrons. The number of hydrogen-bond acceptors (Lipinski definition) is 2. The fourth-order valence-corrected chi connectivity index (χ4v) is 8.41. The second kappa shape index (κ2) is 20.1. The van der Waals surface area contributed by atoms with E-state index in [-0.39, 0.29) is 10.7 Å². The van der Waals surface area contributed by atoms with E-state index in [1.54, 1.807) is 16.7 Å². The lowest BCUT2D eigenvalue weighted by Crippen LogP contribution is -2.75. The zero-order chi connectivity index (χ0) is 57.9. The number of fused-ring (bicyclic) bond motifs is 1. The summed E-state index contributed by atoms with van der Waals surface area (Å²) in [5, 5.41) is 12.2. The maximum Gasteiger partial charge on any atom is 0.502 e. The highest BCUT2D eigenvalue weighted by molar-refractivity contribution is 7.20. The molecular formula is C48H25BF24N2O2. The lowest BCUT2D eigenvalue weighted by molar-refractivity contribution is -0.708. The molecule has 7 aromatic rings. The van der Waals surface area contributed by atoms with Crippen molar-refractivity contribution in [2.24, 2.45) is 0 Å². The maximum absolute atomic E-state index is 14.2. The highest BCUT2D eigenvalue weighted by Gasteiger charge is 2.47. The third kappa shape index (κ3) is 13.0. The number of alkyl halides is 24. The number of hydrogen-bond donors (Lipinski definition) is 0. The van der Waals surface area contributed by atoms with Crippen molar-refractivity contribution < 1.29 is 115 Å². The molecule has 1 aromatic heterocycles. The van der Waals surface area contributed by atoms with Crippen LogP contribution in [0.1, 0.15) is 50.1 Å². The van der Waals surface area contributed by atoms with E-state index < -0.39 is 195 Å². The number of nitrogens with zero attached hydrogens (tertiary/aromatic N) is 2. The number of rotatable bonds is 7. The molecule has 7 rings (SSSR count). The summed E-state index contributed by atoms with van der Waals surface area (Å²) < 4.78 is 343. The predicted molar refractivity (Wildman–Crippen MR) is 226 cm³/mol. The number of pyridine rings is 1. The average molecular weight is 1130 g/mol. The fourth-order valence-electron chi connectivity index (χ4n) is 8.41. The van der Waals surface area contributed by atoms with Crippen molar-refractivity contribution in [1.82, 2.24) is 0 Å². The van der Waals surface area contributed by atoms with Gasteiger partial charge in [-0.25, -0.2) is 0 Å². The molecule has 77 heavy (non-hydrogen) atoms. The van der Waals surface area contributed by atoms with Gasteiger partial charge < -0.3 is 0 Å². The van der Waals surface area contributed by atoms with Crippen LogP contribution in [0, 0.1) is 10.1 Å². The Labute approximate surface area is 414 Å². The number of nitro groups is 1. The van der Waals surface area contributed by atoms with Gasteiger partial charge in [-0.3, -0.25) is 10.1 Å². The van der Waals surface area contributed by atoms with E-state index in [4.69, 9.17) is 0 Å². The molecule has 0 atom stereocenters. The first-order valence-electron chi connectivity index (χ1n) is 21.0. The largest absolute Gasteiger partial charge is 0.502 e. The van der Waals surface area contributed by atoms with Crippen LogP contribution in [0.3, 0.4) is 0 Å². The Kier molecular flexibility index (Phi) is 15.4. The van der Waals surface area contributed by atoms with Gasteiger partial charge in [0.15, 0.2) is 6.54 Å². The molecule has 410 valence electrons. The first-order chi connectivity index (χ1) is 35.0. The Bertz CT molecular complexity index is 2880. The van der Waals surface area contributed by atoms with E-state index in [0.717, 1.165) is 16.5 Å². The monoisotopic (exact) mass is 1130 g/mol. The fraction of sp³-hybridized carbons (Fsp3) is 0.188. The molecule has 0 unspecified atom stereocenters. The second-order valence-corrected chi connectivity index (χ2v) is 16.8. The minimum atomic E-state index is -6.13. The summed E-state index contributed by atoms with van der Waals surface area (Å²) >= 11 is 0. The van der Waals surface area contributed by atoms with Gasteiger partial charge in [-0.2, -0.15) is 127 Å². The van der Waals surface area contributed by atoms with Crippen molar-refractivity contribution in [2.45, 2.75) is 56.0 Å². The molecule has 0 saturated carbocycles. The number of halogens is 24. The van der Waals surface area contributed by atoms with E-state index in [2.05, 4.69) is 0 Å². The molecule has 0 amide bonds. The summed E-state index contributed by atoms with van der Waals surface area (Å²) in [7, 11) is 0. The summed E-state index contributed by atoms with van der Waals surface area (Å²) in [6.45, 7) is 0.485. The second-order valence-electron chi connectivity index (χ2n) is 16.8. The van der Waals surface area contributed by atoms with Crippen LogP contribution >= 0.6 is 0 Å². The molecule has 6 aromatic carbocycles. The SMILES string of the molecule is FC(F)(F)c1cc([B-](c2cc(C(F)(F)F)cc(C(F)(F)F)c2)(c2cc(C(F)(F)F)cc(C(F)(F)F)c2)c2cc(C(F)(F)F)cc(C(F)(F)F)c2)cc(C(F)(F)F)c1.O=[N+]([O-])c1ccc2ccccc2[n+]1Cc1ccccc1. The number of para-hydroxylation sites is 1. The van der Waals surface area contributed by atoms with Crippen molar-refractivity contribution in [3.63, 3.8) is 0 Å². The van der Waals surface area contributed by atoms with E-state index in [1.165, 1.54) is 0 Å². The van der Waals surface area contributed by atoms with E-state index in [9.17, 15) is 115 Å². The zero-order valence-corrected chi connectivity index (χ0v) is 37.3. The van der Waals surface area contributed by atoms with Crippen LogP contribution < -0.4 is 26.4 Å². The van der Waals surface area contributed by atoms with Crippen LogP contribution in [0.4, 0.5) is 111 Å². The molecule has 0 bridgehead atoms. The van der Waals surface area contributed by atoms with E-state index >= 15 is 0 Å². The van der Waals surface area contributed by atoms with Gasteiger partial charge in [-0.1, -0.05) is 91.0 Å². The Morgan fingerprint density at radius 1 is 0.351 bits per heavy atom. The quantitative estimate of drug-likeness (QED) is 0.0525. The van der Waals surface area contributed by atoms with Gasteiger partial charge in [0, 0.05) is 17.0 Å². The summed E-state index contributed by atoms with van der Waals surface area (Å²) in [5.41, 5.74) is -28.3.